The second-order valence-corrected chi connectivity index (χ2v) is 8.45. The molecule has 1 atom stereocenters. The molecule has 5 nitrogen and oxygen atoms in total. The van der Waals surface area contributed by atoms with Crippen molar-refractivity contribution in [2.45, 2.75) is 19.9 Å². The zero-order valence-electron chi connectivity index (χ0n) is 18.1. The highest BCUT2D eigenvalue weighted by atomic mass is 32.1. The number of aliphatic hydroxyl groups excluding tert-OH is 1. The van der Waals surface area contributed by atoms with Gasteiger partial charge in [0, 0.05) is 24.8 Å². The first kappa shape index (κ1) is 22.7. The molecule has 33 heavy (non-hydrogen) atoms. The number of amides is 1. The van der Waals surface area contributed by atoms with Gasteiger partial charge >= 0.3 is 0 Å². The van der Waals surface area contributed by atoms with Gasteiger partial charge in [0.05, 0.1) is 22.2 Å². The minimum absolute atomic E-state index is 0.137. The van der Waals surface area contributed by atoms with Crippen LogP contribution in [0, 0.1) is 11.6 Å². The molecule has 0 saturated carbocycles. The summed E-state index contributed by atoms with van der Waals surface area (Å²) in [4.78, 5) is 29.8. The molecule has 0 fully saturated rings. The molecule has 1 N–H and O–H groups in total. The monoisotopic (exact) mass is 468 g/mol. The molecule has 4 rings (SSSR count). The number of hydrogen-bond donors (Lipinski definition) is 1. The lowest BCUT2D eigenvalue weighted by molar-refractivity contribution is -0.117. The number of carbonyl (C=O) groups is 2. The average Bonchev–Trinajstić information content (AvgIpc) is 3.43. The fraction of sp³-hybridized carbons (Fsp3) is 0.200. The number of anilines is 2. The predicted molar refractivity (Wildman–Crippen MR) is 125 cm³/mol. The number of halogens is 2. The molecule has 2 aromatic carbocycles. The number of nitrogens with zero attached hydrogens (tertiary/aromatic N) is 2. The Morgan fingerprint density at radius 3 is 2.36 bits per heavy atom. The van der Waals surface area contributed by atoms with Gasteiger partial charge in [-0.05, 0) is 55.1 Å². The van der Waals surface area contributed by atoms with Gasteiger partial charge < -0.3 is 10.0 Å². The first-order chi connectivity index (χ1) is 15.9. The largest absolute Gasteiger partial charge is 0.503 e. The Labute approximate surface area is 194 Å². The van der Waals surface area contributed by atoms with Crippen molar-refractivity contribution >= 4 is 34.4 Å². The van der Waals surface area contributed by atoms with Gasteiger partial charge in [0.2, 0.25) is 5.78 Å². The zero-order chi connectivity index (χ0) is 23.7. The van der Waals surface area contributed by atoms with E-state index >= 15 is 0 Å². The standard InChI is InChI=1S/C25H22F2N2O3S/c1-3-28(4-2)17-10-7-15(8-11-17)22-21(23(30)20-6-5-13-33-20)24(31)25(32)29(22)19-12-9-16(26)14-18(19)27/h5-14,22,31H,3-4H2,1-2H3. The molecule has 0 bridgehead atoms. The third-order valence-electron chi connectivity index (χ3n) is 5.70. The van der Waals surface area contributed by atoms with E-state index in [-0.39, 0.29) is 11.3 Å². The minimum atomic E-state index is -1.07. The number of rotatable bonds is 7. The van der Waals surface area contributed by atoms with Gasteiger partial charge in [-0.2, -0.15) is 0 Å². The quantitative estimate of drug-likeness (QED) is 0.455. The van der Waals surface area contributed by atoms with Crippen molar-refractivity contribution < 1.29 is 23.5 Å². The van der Waals surface area contributed by atoms with Crippen LogP contribution in [0.4, 0.5) is 20.2 Å². The molecule has 3 aromatic rings. The highest BCUT2D eigenvalue weighted by Gasteiger charge is 2.45. The Morgan fingerprint density at radius 1 is 1.09 bits per heavy atom. The summed E-state index contributed by atoms with van der Waals surface area (Å²) in [6, 6.07) is 12.3. The topological polar surface area (TPSA) is 60.9 Å². The summed E-state index contributed by atoms with van der Waals surface area (Å²) in [5.41, 5.74) is 1.11. The summed E-state index contributed by atoms with van der Waals surface area (Å²) in [6.45, 7) is 5.66. The van der Waals surface area contributed by atoms with Gasteiger partial charge in [0.1, 0.15) is 11.6 Å². The Hall–Kier alpha value is -3.52. The zero-order valence-corrected chi connectivity index (χ0v) is 18.9. The van der Waals surface area contributed by atoms with Crippen LogP contribution in [-0.2, 0) is 4.79 Å². The molecule has 1 unspecified atom stereocenters. The number of benzene rings is 2. The highest BCUT2D eigenvalue weighted by molar-refractivity contribution is 7.12. The fourth-order valence-corrected chi connectivity index (χ4v) is 4.75. The van der Waals surface area contributed by atoms with Crippen molar-refractivity contribution in [3.05, 3.63) is 93.4 Å². The van der Waals surface area contributed by atoms with Crippen LogP contribution in [0.5, 0.6) is 0 Å². The van der Waals surface area contributed by atoms with Crippen LogP contribution < -0.4 is 9.80 Å². The average molecular weight is 469 g/mol. The summed E-state index contributed by atoms with van der Waals surface area (Å²) in [7, 11) is 0. The number of ketones is 1. The Morgan fingerprint density at radius 2 is 1.79 bits per heavy atom. The van der Waals surface area contributed by atoms with Gasteiger partial charge in [-0.15, -0.1) is 11.3 Å². The van der Waals surface area contributed by atoms with Crippen molar-refractivity contribution in [3.63, 3.8) is 0 Å². The van der Waals surface area contributed by atoms with E-state index in [9.17, 15) is 23.5 Å². The smallest absolute Gasteiger partial charge is 0.294 e. The van der Waals surface area contributed by atoms with Gasteiger partial charge in [0.15, 0.2) is 5.76 Å². The number of carbonyl (C=O) groups excluding carboxylic acids is 2. The molecular weight excluding hydrogens is 446 g/mol. The van der Waals surface area contributed by atoms with Crippen LogP contribution >= 0.6 is 11.3 Å². The molecule has 2 heterocycles. The van der Waals surface area contributed by atoms with Crippen molar-refractivity contribution in [3.8, 4) is 0 Å². The Bertz CT molecular complexity index is 1220. The van der Waals surface area contributed by atoms with Crippen molar-refractivity contribution in [2.24, 2.45) is 0 Å². The summed E-state index contributed by atoms with van der Waals surface area (Å²) in [5.74, 6) is -3.94. The summed E-state index contributed by atoms with van der Waals surface area (Å²) >= 11 is 1.18. The van der Waals surface area contributed by atoms with Crippen LogP contribution in [0.2, 0.25) is 0 Å². The van der Waals surface area contributed by atoms with Crippen LogP contribution in [0.3, 0.4) is 0 Å². The Kier molecular flexibility index (Phi) is 6.29. The van der Waals surface area contributed by atoms with E-state index in [1.807, 2.05) is 26.0 Å². The van der Waals surface area contributed by atoms with Gasteiger partial charge in [-0.3, -0.25) is 14.5 Å². The van der Waals surface area contributed by atoms with E-state index in [1.165, 1.54) is 11.3 Å². The molecule has 170 valence electrons. The third kappa shape index (κ3) is 4.02. The number of hydrogen-bond acceptors (Lipinski definition) is 5. The summed E-state index contributed by atoms with van der Waals surface area (Å²) < 4.78 is 28.3. The first-order valence-corrected chi connectivity index (χ1v) is 11.4. The number of thiophene rings is 1. The minimum Gasteiger partial charge on any atom is -0.503 e. The van der Waals surface area contributed by atoms with E-state index in [4.69, 9.17) is 0 Å². The SMILES string of the molecule is CCN(CC)c1ccc(C2C(C(=O)c3cccs3)=C(O)C(=O)N2c2ccc(F)cc2F)cc1. The van der Waals surface area contributed by atoms with Gasteiger partial charge in [-0.25, -0.2) is 8.78 Å². The van der Waals surface area contributed by atoms with E-state index < -0.39 is 35.1 Å². The van der Waals surface area contributed by atoms with Crippen LogP contribution in [0.1, 0.15) is 35.1 Å². The Balaban J connectivity index is 1.86. The van der Waals surface area contributed by atoms with Gasteiger partial charge in [0.25, 0.3) is 5.91 Å². The van der Waals surface area contributed by atoms with Gasteiger partial charge in [-0.1, -0.05) is 18.2 Å². The van der Waals surface area contributed by atoms with E-state index in [2.05, 4.69) is 4.90 Å². The highest BCUT2D eigenvalue weighted by Crippen LogP contribution is 2.43. The van der Waals surface area contributed by atoms with E-state index in [1.54, 1.807) is 29.6 Å². The van der Waals surface area contributed by atoms with Crippen molar-refractivity contribution in [2.75, 3.05) is 22.9 Å². The third-order valence-corrected chi connectivity index (χ3v) is 6.57. The molecule has 0 spiro atoms. The molecule has 1 amide bonds. The lowest BCUT2D eigenvalue weighted by Crippen LogP contribution is -2.32. The number of aliphatic hydroxyl groups is 1. The maximum atomic E-state index is 14.7. The normalized spacial score (nSPS) is 15.9. The fourth-order valence-electron chi connectivity index (χ4n) is 4.07. The lowest BCUT2D eigenvalue weighted by Gasteiger charge is -2.28. The molecule has 1 aliphatic heterocycles. The second-order valence-electron chi connectivity index (χ2n) is 7.51. The molecule has 1 aliphatic rings. The molecule has 8 heteroatoms. The van der Waals surface area contributed by atoms with E-state index in [0.717, 1.165) is 35.8 Å². The molecular formula is C25H22F2N2O3S. The summed E-state index contributed by atoms with van der Waals surface area (Å²) in [5, 5.41) is 12.4. The van der Waals surface area contributed by atoms with Crippen LogP contribution in [-0.4, -0.2) is 29.9 Å². The van der Waals surface area contributed by atoms with Crippen LogP contribution in [0.25, 0.3) is 0 Å². The maximum Gasteiger partial charge on any atom is 0.294 e. The molecule has 0 radical (unpaired) electrons. The first-order valence-electron chi connectivity index (χ1n) is 10.5. The van der Waals surface area contributed by atoms with E-state index in [0.29, 0.717) is 16.5 Å². The van der Waals surface area contributed by atoms with Crippen LogP contribution in [0.15, 0.2) is 71.3 Å². The molecule has 0 saturated heterocycles. The number of Topliss-reactive ketones (excluding diaryl/α,β-unsaturated/α-hetero) is 1. The van der Waals surface area contributed by atoms with Crippen molar-refractivity contribution in [1.82, 2.24) is 0 Å². The predicted octanol–water partition coefficient (Wildman–Crippen LogP) is 5.66. The summed E-state index contributed by atoms with van der Waals surface area (Å²) in [6.07, 6.45) is 0. The maximum absolute atomic E-state index is 14.7. The lowest BCUT2D eigenvalue weighted by atomic mass is 9.95. The molecule has 0 aliphatic carbocycles. The second kappa shape index (κ2) is 9.15. The molecule has 1 aromatic heterocycles. The van der Waals surface area contributed by atoms with Crippen molar-refractivity contribution in [1.29, 1.82) is 0 Å².